The van der Waals surface area contributed by atoms with Gasteiger partial charge in [0.2, 0.25) is 0 Å². The normalized spacial score (nSPS) is 36.8. The molecule has 2 aliphatic rings. The lowest BCUT2D eigenvalue weighted by Crippen LogP contribution is -2.13. The van der Waals surface area contributed by atoms with Gasteiger partial charge in [0.05, 0.1) is 0 Å². The summed E-state index contributed by atoms with van der Waals surface area (Å²) in [5.74, 6) is 1.03. The van der Waals surface area contributed by atoms with Crippen LogP contribution in [-0.4, -0.2) is 0 Å². The molecule has 0 N–H and O–H groups in total. The zero-order valence-corrected chi connectivity index (χ0v) is 8.00. The fourth-order valence-electron chi connectivity index (χ4n) is 3.16. The molecule has 0 spiro atoms. The summed E-state index contributed by atoms with van der Waals surface area (Å²) in [7, 11) is 0. The smallest absolute Gasteiger partial charge is 0.00155 e. The first-order valence-corrected chi connectivity index (χ1v) is 5.47. The van der Waals surface area contributed by atoms with Gasteiger partial charge in [-0.2, -0.15) is 0 Å². The first kappa shape index (κ1) is 7.61. The van der Waals surface area contributed by atoms with Gasteiger partial charge in [0, 0.05) is 0 Å². The van der Waals surface area contributed by atoms with Crippen molar-refractivity contribution in [3.63, 3.8) is 0 Å². The number of fused-ring (bicyclic) bond motifs is 1. The Morgan fingerprint density at radius 1 is 1.08 bits per heavy atom. The van der Waals surface area contributed by atoms with Gasteiger partial charge in [-0.15, -0.1) is 0 Å². The number of rotatable bonds is 1. The van der Waals surface area contributed by atoms with E-state index in [1.165, 1.54) is 32.1 Å². The van der Waals surface area contributed by atoms with Crippen molar-refractivity contribution >= 4 is 0 Å². The van der Waals surface area contributed by atoms with Crippen LogP contribution in [0.25, 0.3) is 0 Å². The van der Waals surface area contributed by atoms with Crippen LogP contribution in [0.1, 0.15) is 37.7 Å². The molecule has 0 nitrogen and oxygen atoms in total. The first-order chi connectivity index (χ1) is 6.42. The fraction of sp³-hybridized carbons (Fsp3) is 0.538. The molecule has 0 heterocycles. The van der Waals surface area contributed by atoms with Gasteiger partial charge >= 0.3 is 0 Å². The number of hydrogen-bond donors (Lipinski definition) is 0. The molecule has 2 atom stereocenters. The Bertz CT molecular complexity index is 301. The van der Waals surface area contributed by atoms with Gasteiger partial charge in [-0.05, 0) is 36.2 Å². The van der Waals surface area contributed by atoms with E-state index in [0.717, 1.165) is 5.92 Å². The van der Waals surface area contributed by atoms with Crippen LogP contribution in [0.5, 0.6) is 0 Å². The second kappa shape index (κ2) is 2.60. The van der Waals surface area contributed by atoms with Crippen molar-refractivity contribution in [3.05, 3.63) is 35.9 Å². The maximum absolute atomic E-state index is 2.32. The standard InChI is InChI=1S/C13H16/c1-2-6-11(7-3-1)13-9-5-4-8-12(13)10-13/h1-3,6-7,12H,4-5,8-10H2/t12?,13-/m1/s1. The minimum absolute atomic E-state index is 0.638. The highest BCUT2D eigenvalue weighted by atomic mass is 14.6. The molecule has 0 bridgehead atoms. The largest absolute Gasteiger partial charge is 0.0622 e. The van der Waals surface area contributed by atoms with Crippen LogP contribution in [0, 0.1) is 5.92 Å². The second-order valence-electron chi connectivity index (χ2n) is 4.67. The van der Waals surface area contributed by atoms with Crippen LogP contribution in [0.2, 0.25) is 0 Å². The predicted octanol–water partition coefficient (Wildman–Crippen LogP) is 3.52. The minimum atomic E-state index is 0.638. The molecular formula is C13H16. The molecule has 1 aromatic carbocycles. The van der Waals surface area contributed by atoms with Crippen LogP contribution in [-0.2, 0) is 5.41 Å². The molecule has 1 aromatic rings. The Morgan fingerprint density at radius 3 is 2.69 bits per heavy atom. The molecule has 0 saturated heterocycles. The molecule has 2 aliphatic carbocycles. The van der Waals surface area contributed by atoms with Crippen molar-refractivity contribution in [2.45, 2.75) is 37.5 Å². The summed E-state index contributed by atoms with van der Waals surface area (Å²) >= 11 is 0. The van der Waals surface area contributed by atoms with Crippen molar-refractivity contribution in [3.8, 4) is 0 Å². The molecule has 0 aromatic heterocycles. The van der Waals surface area contributed by atoms with Crippen LogP contribution in [0.15, 0.2) is 30.3 Å². The lowest BCUT2D eigenvalue weighted by Gasteiger charge is -2.22. The third-order valence-electron chi connectivity index (χ3n) is 4.01. The molecule has 13 heavy (non-hydrogen) atoms. The second-order valence-corrected chi connectivity index (χ2v) is 4.67. The van der Waals surface area contributed by atoms with Crippen LogP contribution in [0.3, 0.4) is 0 Å². The quantitative estimate of drug-likeness (QED) is 0.608. The van der Waals surface area contributed by atoms with E-state index in [1.807, 2.05) is 0 Å². The molecule has 68 valence electrons. The zero-order valence-electron chi connectivity index (χ0n) is 8.00. The van der Waals surface area contributed by atoms with E-state index < -0.39 is 0 Å². The summed E-state index contributed by atoms with van der Waals surface area (Å²) < 4.78 is 0. The Labute approximate surface area is 80.0 Å². The highest BCUT2D eigenvalue weighted by molar-refractivity contribution is 5.34. The third kappa shape index (κ3) is 1.04. The van der Waals surface area contributed by atoms with Gasteiger partial charge < -0.3 is 0 Å². The predicted molar refractivity (Wildman–Crippen MR) is 54.7 cm³/mol. The highest BCUT2D eigenvalue weighted by Crippen LogP contribution is 2.62. The first-order valence-electron chi connectivity index (χ1n) is 5.47. The molecule has 0 amide bonds. The molecule has 2 saturated carbocycles. The maximum Gasteiger partial charge on any atom is -0.00155 e. The van der Waals surface area contributed by atoms with Crippen molar-refractivity contribution in [1.29, 1.82) is 0 Å². The van der Waals surface area contributed by atoms with Gasteiger partial charge in [0.1, 0.15) is 0 Å². The van der Waals surface area contributed by atoms with Crippen LogP contribution in [0.4, 0.5) is 0 Å². The van der Waals surface area contributed by atoms with Gasteiger partial charge in [-0.1, -0.05) is 43.2 Å². The lowest BCUT2D eigenvalue weighted by atomic mass is 9.83. The summed E-state index contributed by atoms with van der Waals surface area (Å²) in [5.41, 5.74) is 2.25. The van der Waals surface area contributed by atoms with E-state index in [2.05, 4.69) is 30.3 Å². The maximum atomic E-state index is 2.32. The van der Waals surface area contributed by atoms with Crippen LogP contribution < -0.4 is 0 Å². The number of hydrogen-bond acceptors (Lipinski definition) is 0. The molecule has 2 fully saturated rings. The summed E-state index contributed by atoms with van der Waals surface area (Å²) in [5, 5.41) is 0. The van der Waals surface area contributed by atoms with E-state index in [-0.39, 0.29) is 0 Å². The van der Waals surface area contributed by atoms with E-state index in [1.54, 1.807) is 5.56 Å². The van der Waals surface area contributed by atoms with Crippen molar-refractivity contribution in [1.82, 2.24) is 0 Å². The van der Waals surface area contributed by atoms with Gasteiger partial charge in [0.25, 0.3) is 0 Å². The average molecular weight is 172 g/mol. The van der Waals surface area contributed by atoms with E-state index in [4.69, 9.17) is 0 Å². The van der Waals surface area contributed by atoms with Gasteiger partial charge in [-0.25, -0.2) is 0 Å². The Hall–Kier alpha value is -0.780. The third-order valence-corrected chi connectivity index (χ3v) is 4.01. The Kier molecular flexibility index (Phi) is 1.52. The topological polar surface area (TPSA) is 0 Å². The van der Waals surface area contributed by atoms with Gasteiger partial charge in [0.15, 0.2) is 0 Å². The summed E-state index contributed by atoms with van der Waals surface area (Å²) in [4.78, 5) is 0. The molecule has 3 rings (SSSR count). The molecular weight excluding hydrogens is 156 g/mol. The molecule has 0 heteroatoms. The van der Waals surface area contributed by atoms with Crippen LogP contribution >= 0.6 is 0 Å². The summed E-state index contributed by atoms with van der Waals surface area (Å²) in [6, 6.07) is 11.2. The Balaban J connectivity index is 1.94. The molecule has 1 unspecified atom stereocenters. The van der Waals surface area contributed by atoms with Gasteiger partial charge in [-0.3, -0.25) is 0 Å². The van der Waals surface area contributed by atoms with Crippen molar-refractivity contribution in [2.24, 2.45) is 5.92 Å². The SMILES string of the molecule is c1ccc([C@]23CCCCC2C3)cc1. The monoisotopic (exact) mass is 172 g/mol. The summed E-state index contributed by atoms with van der Waals surface area (Å²) in [6.45, 7) is 0. The Morgan fingerprint density at radius 2 is 1.92 bits per heavy atom. The number of benzene rings is 1. The highest BCUT2D eigenvalue weighted by Gasteiger charge is 2.55. The van der Waals surface area contributed by atoms with E-state index >= 15 is 0 Å². The zero-order chi connectivity index (χ0) is 8.73. The summed E-state index contributed by atoms with van der Waals surface area (Å²) in [6.07, 6.45) is 7.32. The average Bonchev–Trinajstić information content (AvgIpc) is 2.94. The van der Waals surface area contributed by atoms with Crippen molar-refractivity contribution < 1.29 is 0 Å². The molecule has 0 radical (unpaired) electrons. The fourth-order valence-corrected chi connectivity index (χ4v) is 3.16. The minimum Gasteiger partial charge on any atom is -0.0622 e. The molecule has 0 aliphatic heterocycles. The van der Waals surface area contributed by atoms with E-state index in [0.29, 0.717) is 5.41 Å². The lowest BCUT2D eigenvalue weighted by molar-refractivity contribution is 0.428. The van der Waals surface area contributed by atoms with Crippen molar-refractivity contribution in [2.75, 3.05) is 0 Å². The van der Waals surface area contributed by atoms with E-state index in [9.17, 15) is 0 Å².